The van der Waals surface area contributed by atoms with Crippen molar-refractivity contribution in [1.82, 2.24) is 0 Å². The van der Waals surface area contributed by atoms with Crippen LogP contribution in [0.25, 0.3) is 0 Å². The number of nitrogens with two attached hydrogens (primary N) is 1. The molecule has 0 fully saturated rings. The lowest BCUT2D eigenvalue weighted by molar-refractivity contribution is 0.347. The van der Waals surface area contributed by atoms with Gasteiger partial charge in [-0.05, 0) is 6.07 Å². The molecule has 0 saturated heterocycles. The van der Waals surface area contributed by atoms with Crippen molar-refractivity contribution >= 4 is 11.6 Å². The van der Waals surface area contributed by atoms with Gasteiger partial charge in [0.25, 0.3) is 0 Å². The molecule has 78 valence electrons. The summed E-state index contributed by atoms with van der Waals surface area (Å²) in [6, 6.07) is 1.53. The summed E-state index contributed by atoms with van der Waals surface area (Å²) in [6.07, 6.45) is 0. The molecule has 0 saturated carbocycles. The summed E-state index contributed by atoms with van der Waals surface area (Å²) in [6.45, 7) is 0.157. The Hall–Kier alpha value is -1.00. The Bertz CT molecular complexity index is 344. The molecule has 1 aromatic rings. The second-order valence-electron chi connectivity index (χ2n) is 2.60. The molecule has 0 atom stereocenters. The Kier molecular flexibility index (Phi) is 3.55. The molecular formula is C9H11ClFNO2. The molecule has 3 nitrogen and oxygen atoms in total. The van der Waals surface area contributed by atoms with Crippen molar-refractivity contribution in [3.63, 3.8) is 0 Å². The molecule has 0 amide bonds. The van der Waals surface area contributed by atoms with Crippen LogP contribution in [0.5, 0.6) is 11.5 Å². The molecule has 1 aromatic carbocycles. The second-order valence-corrected chi connectivity index (χ2v) is 3.01. The van der Waals surface area contributed by atoms with Gasteiger partial charge >= 0.3 is 0 Å². The monoisotopic (exact) mass is 219 g/mol. The molecule has 2 N–H and O–H groups in total. The molecular weight excluding hydrogens is 209 g/mol. The number of benzene rings is 1. The first kappa shape index (κ1) is 11.1. The van der Waals surface area contributed by atoms with E-state index < -0.39 is 5.82 Å². The maximum Gasteiger partial charge on any atom is 0.208 e. The van der Waals surface area contributed by atoms with Gasteiger partial charge < -0.3 is 15.2 Å². The van der Waals surface area contributed by atoms with Gasteiger partial charge in [0.2, 0.25) is 5.82 Å². The van der Waals surface area contributed by atoms with Crippen LogP contribution in [0.15, 0.2) is 6.07 Å². The third kappa shape index (κ3) is 1.76. The van der Waals surface area contributed by atoms with Crippen LogP contribution >= 0.6 is 11.6 Å². The zero-order valence-corrected chi connectivity index (χ0v) is 8.69. The molecule has 0 aromatic heterocycles. The van der Waals surface area contributed by atoms with Gasteiger partial charge in [0.05, 0.1) is 19.2 Å². The van der Waals surface area contributed by atoms with E-state index in [1.54, 1.807) is 0 Å². The topological polar surface area (TPSA) is 44.5 Å². The number of ether oxygens (including phenoxy) is 2. The zero-order chi connectivity index (χ0) is 10.7. The predicted molar refractivity (Wildman–Crippen MR) is 52.4 cm³/mol. The van der Waals surface area contributed by atoms with Crippen LogP contribution in [0.4, 0.5) is 4.39 Å². The molecule has 0 radical (unpaired) electrons. The molecule has 0 spiro atoms. The third-order valence-corrected chi connectivity index (χ3v) is 2.12. The SMILES string of the molecule is COc1c(Cl)cc(CN)c(OC)c1F. The minimum atomic E-state index is -0.622. The van der Waals surface area contributed by atoms with Crippen LogP contribution in [0.1, 0.15) is 5.56 Å². The Balaban J connectivity index is 3.39. The zero-order valence-electron chi connectivity index (χ0n) is 7.93. The van der Waals surface area contributed by atoms with Crippen LogP contribution in [0.3, 0.4) is 0 Å². The van der Waals surface area contributed by atoms with E-state index in [0.717, 1.165) is 0 Å². The van der Waals surface area contributed by atoms with E-state index in [2.05, 4.69) is 0 Å². The van der Waals surface area contributed by atoms with E-state index in [1.165, 1.54) is 20.3 Å². The normalized spacial score (nSPS) is 10.1. The molecule has 0 aliphatic heterocycles. The summed E-state index contributed by atoms with van der Waals surface area (Å²) in [7, 11) is 2.71. The van der Waals surface area contributed by atoms with E-state index in [-0.39, 0.29) is 23.1 Å². The van der Waals surface area contributed by atoms with Crippen molar-refractivity contribution in [3.05, 3.63) is 22.5 Å². The van der Waals surface area contributed by atoms with Gasteiger partial charge in [-0.2, -0.15) is 4.39 Å². The molecule has 0 aliphatic carbocycles. The van der Waals surface area contributed by atoms with E-state index in [0.29, 0.717) is 5.56 Å². The molecule has 14 heavy (non-hydrogen) atoms. The van der Waals surface area contributed by atoms with Crippen LogP contribution < -0.4 is 15.2 Å². The van der Waals surface area contributed by atoms with E-state index in [4.69, 9.17) is 26.8 Å². The predicted octanol–water partition coefficient (Wildman–Crippen LogP) is 1.95. The van der Waals surface area contributed by atoms with Gasteiger partial charge in [0, 0.05) is 12.1 Å². The maximum atomic E-state index is 13.6. The average Bonchev–Trinajstić information content (AvgIpc) is 2.17. The largest absolute Gasteiger partial charge is 0.493 e. The molecule has 1 rings (SSSR count). The average molecular weight is 220 g/mol. The summed E-state index contributed by atoms with van der Waals surface area (Å²) in [5, 5.41) is 0.186. The molecule has 0 unspecified atom stereocenters. The minimum absolute atomic E-state index is 0.0271. The lowest BCUT2D eigenvalue weighted by atomic mass is 10.2. The van der Waals surface area contributed by atoms with E-state index in [1.807, 2.05) is 0 Å². The third-order valence-electron chi connectivity index (χ3n) is 1.84. The summed E-state index contributed by atoms with van der Waals surface area (Å²) in [5.41, 5.74) is 5.92. The summed E-state index contributed by atoms with van der Waals surface area (Å²) >= 11 is 5.77. The molecule has 5 heteroatoms. The van der Waals surface area contributed by atoms with Crippen molar-refractivity contribution in [3.8, 4) is 11.5 Å². The molecule has 0 aliphatic rings. The van der Waals surface area contributed by atoms with Crippen molar-refractivity contribution in [2.75, 3.05) is 14.2 Å². The van der Waals surface area contributed by atoms with Crippen molar-refractivity contribution in [1.29, 1.82) is 0 Å². The first-order valence-electron chi connectivity index (χ1n) is 3.94. The number of methoxy groups -OCH3 is 2. The lowest BCUT2D eigenvalue weighted by Gasteiger charge is -2.12. The van der Waals surface area contributed by atoms with Gasteiger partial charge in [0.15, 0.2) is 11.5 Å². The van der Waals surface area contributed by atoms with Crippen LogP contribution in [0, 0.1) is 5.82 Å². The van der Waals surface area contributed by atoms with E-state index >= 15 is 0 Å². The number of hydrogen-bond donors (Lipinski definition) is 1. The minimum Gasteiger partial charge on any atom is -0.493 e. The van der Waals surface area contributed by atoms with Gasteiger partial charge in [-0.25, -0.2) is 0 Å². The number of hydrogen-bond acceptors (Lipinski definition) is 3. The highest BCUT2D eigenvalue weighted by molar-refractivity contribution is 6.32. The van der Waals surface area contributed by atoms with Crippen LogP contribution in [-0.2, 0) is 6.54 Å². The van der Waals surface area contributed by atoms with Gasteiger partial charge in [-0.1, -0.05) is 11.6 Å². The Labute approximate surface area is 86.6 Å². The number of rotatable bonds is 3. The summed E-state index contributed by atoms with van der Waals surface area (Å²) in [4.78, 5) is 0. The second kappa shape index (κ2) is 4.48. The Morgan fingerprint density at radius 2 is 1.93 bits per heavy atom. The summed E-state index contributed by atoms with van der Waals surface area (Å²) < 4.78 is 23.3. The first-order chi connectivity index (χ1) is 6.65. The number of halogens is 2. The lowest BCUT2D eigenvalue weighted by Crippen LogP contribution is -2.03. The maximum absolute atomic E-state index is 13.6. The quantitative estimate of drug-likeness (QED) is 0.845. The fourth-order valence-corrected chi connectivity index (χ4v) is 1.48. The van der Waals surface area contributed by atoms with Crippen molar-refractivity contribution in [2.24, 2.45) is 5.73 Å². The van der Waals surface area contributed by atoms with Crippen molar-refractivity contribution in [2.45, 2.75) is 6.54 Å². The fraction of sp³-hybridized carbons (Fsp3) is 0.333. The molecule has 0 bridgehead atoms. The Morgan fingerprint density at radius 3 is 2.36 bits per heavy atom. The van der Waals surface area contributed by atoms with Gasteiger partial charge in [-0.15, -0.1) is 0 Å². The smallest absolute Gasteiger partial charge is 0.208 e. The fourth-order valence-electron chi connectivity index (χ4n) is 1.19. The Morgan fingerprint density at radius 1 is 1.36 bits per heavy atom. The van der Waals surface area contributed by atoms with E-state index in [9.17, 15) is 4.39 Å². The first-order valence-corrected chi connectivity index (χ1v) is 4.32. The summed E-state index contributed by atoms with van der Waals surface area (Å²) in [5.74, 6) is -0.572. The highest BCUT2D eigenvalue weighted by Crippen LogP contribution is 2.36. The van der Waals surface area contributed by atoms with Gasteiger partial charge in [-0.3, -0.25) is 0 Å². The highest BCUT2D eigenvalue weighted by Gasteiger charge is 2.17. The van der Waals surface area contributed by atoms with Crippen LogP contribution in [-0.4, -0.2) is 14.2 Å². The van der Waals surface area contributed by atoms with Gasteiger partial charge in [0.1, 0.15) is 0 Å². The van der Waals surface area contributed by atoms with Crippen molar-refractivity contribution < 1.29 is 13.9 Å². The van der Waals surface area contributed by atoms with Crippen LogP contribution in [0.2, 0.25) is 5.02 Å². The molecule has 0 heterocycles. The standard InChI is InChI=1S/C9H11ClFNO2/c1-13-8-5(4-12)3-6(10)9(14-2)7(8)11/h3H,4,12H2,1-2H3. The highest BCUT2D eigenvalue weighted by atomic mass is 35.5.